The number of ether oxygens (including phenoxy) is 1. The van der Waals surface area contributed by atoms with Crippen LogP contribution < -0.4 is 5.32 Å². The number of halogens is 1. The summed E-state index contributed by atoms with van der Waals surface area (Å²) in [5.41, 5.74) is 0.498. The van der Waals surface area contributed by atoms with Crippen molar-refractivity contribution in [3.05, 3.63) is 23.0 Å². The molecule has 0 radical (unpaired) electrons. The van der Waals surface area contributed by atoms with Gasteiger partial charge in [-0.1, -0.05) is 30.9 Å². The van der Waals surface area contributed by atoms with Crippen molar-refractivity contribution in [2.75, 3.05) is 13.2 Å². The van der Waals surface area contributed by atoms with Crippen LogP contribution in [-0.2, 0) is 4.74 Å². The molecule has 0 aromatic carbocycles. The van der Waals surface area contributed by atoms with Gasteiger partial charge in [0.05, 0.1) is 11.1 Å². The second-order valence-electron chi connectivity index (χ2n) is 4.97. The monoisotopic (exact) mass is 284 g/mol. The lowest BCUT2D eigenvalue weighted by Gasteiger charge is -2.21. The fraction of sp³-hybridized carbons (Fsp3) is 0.643. The van der Waals surface area contributed by atoms with Crippen molar-refractivity contribution in [1.29, 1.82) is 0 Å². The molecule has 4 nitrogen and oxygen atoms in total. The van der Waals surface area contributed by atoms with Crippen molar-refractivity contribution in [3.8, 4) is 0 Å². The average Bonchev–Trinajstić information content (AvgIpc) is 2.86. The quantitative estimate of drug-likeness (QED) is 0.789. The lowest BCUT2D eigenvalue weighted by molar-refractivity contribution is 0.0273. The summed E-state index contributed by atoms with van der Waals surface area (Å²) in [6.07, 6.45) is 9.17. The number of carbonyl (C=O) groups excluding carboxylic acids is 1. The average molecular weight is 285 g/mol. The van der Waals surface area contributed by atoms with Crippen LogP contribution in [0, 0.1) is 0 Å². The molecule has 1 aliphatic rings. The highest BCUT2D eigenvalue weighted by molar-refractivity contribution is 6.30. The van der Waals surface area contributed by atoms with Gasteiger partial charge in [-0.25, -0.2) is 0 Å². The van der Waals surface area contributed by atoms with E-state index in [1.165, 1.54) is 32.1 Å². The molecule has 1 saturated carbocycles. The number of carbonyl (C=O) groups is 1. The molecule has 106 valence electrons. The zero-order valence-electron chi connectivity index (χ0n) is 11.1. The molecule has 0 spiro atoms. The molecule has 2 N–H and O–H groups in total. The minimum absolute atomic E-state index is 0.121. The highest BCUT2D eigenvalue weighted by atomic mass is 35.5. The second kappa shape index (κ2) is 7.56. The molecule has 1 amide bonds. The molecule has 0 atom stereocenters. The van der Waals surface area contributed by atoms with Crippen LogP contribution in [0.4, 0.5) is 0 Å². The lowest BCUT2D eigenvalue weighted by atomic mass is 9.98. The Kier molecular flexibility index (Phi) is 5.73. The Balaban J connectivity index is 1.55. The molecule has 0 bridgehead atoms. The van der Waals surface area contributed by atoms with Gasteiger partial charge in [-0.05, 0) is 25.3 Å². The van der Waals surface area contributed by atoms with Crippen LogP contribution in [0.5, 0.6) is 0 Å². The van der Waals surface area contributed by atoms with Crippen LogP contribution >= 0.6 is 11.6 Å². The maximum Gasteiger partial charge on any atom is 0.267 e. The van der Waals surface area contributed by atoms with Gasteiger partial charge in [0.15, 0.2) is 0 Å². The van der Waals surface area contributed by atoms with E-state index in [9.17, 15) is 4.79 Å². The maximum absolute atomic E-state index is 11.7. The Morgan fingerprint density at radius 2 is 2.21 bits per heavy atom. The molecule has 0 unspecified atom stereocenters. The van der Waals surface area contributed by atoms with E-state index in [-0.39, 0.29) is 5.91 Å². The smallest absolute Gasteiger partial charge is 0.267 e. The number of amides is 1. The van der Waals surface area contributed by atoms with Gasteiger partial charge in [-0.2, -0.15) is 0 Å². The SMILES string of the molecule is O=C(NCCCOC1CCCCC1)c1cc(Cl)c[nH]1. The second-order valence-corrected chi connectivity index (χ2v) is 5.41. The first-order valence-corrected chi connectivity index (χ1v) is 7.37. The largest absolute Gasteiger partial charge is 0.378 e. The van der Waals surface area contributed by atoms with Gasteiger partial charge in [0.25, 0.3) is 5.91 Å². The van der Waals surface area contributed by atoms with Gasteiger partial charge in [-0.3, -0.25) is 4.79 Å². The van der Waals surface area contributed by atoms with Crippen LogP contribution in [0.1, 0.15) is 49.0 Å². The Labute approximate surface area is 118 Å². The van der Waals surface area contributed by atoms with E-state index in [4.69, 9.17) is 16.3 Å². The summed E-state index contributed by atoms with van der Waals surface area (Å²) in [5.74, 6) is -0.121. The highest BCUT2D eigenvalue weighted by Crippen LogP contribution is 2.20. The molecule has 0 aliphatic heterocycles. The van der Waals surface area contributed by atoms with E-state index in [1.807, 2.05) is 0 Å². The highest BCUT2D eigenvalue weighted by Gasteiger charge is 2.13. The van der Waals surface area contributed by atoms with Crippen LogP contribution in [0.3, 0.4) is 0 Å². The lowest BCUT2D eigenvalue weighted by Crippen LogP contribution is -2.26. The summed E-state index contributed by atoms with van der Waals surface area (Å²) in [4.78, 5) is 14.5. The molecule has 19 heavy (non-hydrogen) atoms. The molecule has 5 heteroatoms. The zero-order valence-corrected chi connectivity index (χ0v) is 11.8. The van der Waals surface area contributed by atoms with Crippen LogP contribution in [0.25, 0.3) is 0 Å². The maximum atomic E-state index is 11.7. The molecule has 0 saturated heterocycles. The van der Waals surface area contributed by atoms with Crippen LogP contribution in [0.15, 0.2) is 12.3 Å². The third-order valence-electron chi connectivity index (χ3n) is 3.40. The first kappa shape index (κ1) is 14.4. The summed E-state index contributed by atoms with van der Waals surface area (Å²) < 4.78 is 5.79. The fourth-order valence-electron chi connectivity index (χ4n) is 2.35. The van der Waals surface area contributed by atoms with E-state index >= 15 is 0 Å². The number of nitrogens with one attached hydrogen (secondary N) is 2. The van der Waals surface area contributed by atoms with E-state index in [2.05, 4.69) is 10.3 Å². The minimum atomic E-state index is -0.121. The van der Waals surface area contributed by atoms with Gasteiger partial charge in [0.2, 0.25) is 0 Å². The Hall–Kier alpha value is -1.00. The van der Waals surface area contributed by atoms with Crippen molar-refractivity contribution in [2.24, 2.45) is 0 Å². The van der Waals surface area contributed by atoms with E-state index < -0.39 is 0 Å². The summed E-state index contributed by atoms with van der Waals surface area (Å²) in [5, 5.41) is 3.39. The van der Waals surface area contributed by atoms with Crippen molar-refractivity contribution in [3.63, 3.8) is 0 Å². The molecular formula is C14H21ClN2O2. The van der Waals surface area contributed by atoms with Crippen molar-refractivity contribution in [1.82, 2.24) is 10.3 Å². The van der Waals surface area contributed by atoms with Crippen LogP contribution in [0.2, 0.25) is 5.02 Å². The summed E-state index contributed by atoms with van der Waals surface area (Å²) >= 11 is 5.74. The van der Waals surface area contributed by atoms with Gasteiger partial charge in [0.1, 0.15) is 5.69 Å². The Morgan fingerprint density at radius 1 is 1.42 bits per heavy atom. The summed E-state index contributed by atoms with van der Waals surface area (Å²) in [6.45, 7) is 1.35. The van der Waals surface area contributed by atoms with Gasteiger partial charge >= 0.3 is 0 Å². The Bertz CT molecular complexity index is 400. The molecule has 1 aromatic rings. The molecule has 1 aliphatic carbocycles. The number of aromatic amines is 1. The van der Waals surface area contributed by atoms with E-state index in [0.29, 0.717) is 23.4 Å². The predicted octanol–water partition coefficient (Wildman–Crippen LogP) is 3.14. The fourth-order valence-corrected chi connectivity index (χ4v) is 2.51. The number of rotatable bonds is 6. The van der Waals surface area contributed by atoms with Crippen molar-refractivity contribution in [2.45, 2.75) is 44.6 Å². The minimum Gasteiger partial charge on any atom is -0.378 e. The van der Waals surface area contributed by atoms with Gasteiger partial charge < -0.3 is 15.0 Å². The first-order valence-electron chi connectivity index (χ1n) is 6.99. The number of hydrogen-bond acceptors (Lipinski definition) is 2. The number of aromatic nitrogens is 1. The molecular weight excluding hydrogens is 264 g/mol. The first-order chi connectivity index (χ1) is 9.25. The molecule has 1 aromatic heterocycles. The Morgan fingerprint density at radius 3 is 2.89 bits per heavy atom. The molecule has 1 heterocycles. The zero-order chi connectivity index (χ0) is 13.5. The molecule has 2 rings (SSSR count). The van der Waals surface area contributed by atoms with Crippen LogP contribution in [-0.4, -0.2) is 30.1 Å². The summed E-state index contributed by atoms with van der Waals surface area (Å²) in [7, 11) is 0. The number of H-pyrrole nitrogens is 1. The molecule has 1 fully saturated rings. The van der Waals surface area contributed by atoms with Crippen molar-refractivity contribution < 1.29 is 9.53 Å². The third kappa shape index (κ3) is 4.88. The van der Waals surface area contributed by atoms with E-state index in [0.717, 1.165) is 13.0 Å². The summed E-state index contributed by atoms with van der Waals surface area (Å²) in [6, 6.07) is 1.62. The standard InChI is InChI=1S/C14H21ClN2O2/c15-11-9-13(17-10-11)14(18)16-7-4-8-19-12-5-2-1-3-6-12/h9-10,12,17H,1-8H2,(H,16,18). The third-order valence-corrected chi connectivity index (χ3v) is 3.62. The number of hydrogen-bond donors (Lipinski definition) is 2. The topological polar surface area (TPSA) is 54.1 Å². The normalized spacial score (nSPS) is 16.5. The van der Waals surface area contributed by atoms with Gasteiger partial charge in [-0.15, -0.1) is 0 Å². The van der Waals surface area contributed by atoms with Crippen molar-refractivity contribution >= 4 is 17.5 Å². The van der Waals surface area contributed by atoms with Gasteiger partial charge in [0, 0.05) is 19.3 Å². The van der Waals surface area contributed by atoms with E-state index in [1.54, 1.807) is 12.3 Å². The predicted molar refractivity (Wildman–Crippen MR) is 75.6 cm³/mol.